The Kier molecular flexibility index (Phi) is 6.20. The Morgan fingerprint density at radius 2 is 1.96 bits per heavy atom. The topological polar surface area (TPSA) is 47.6 Å². The second kappa shape index (κ2) is 8.58. The second-order valence-electron chi connectivity index (χ2n) is 6.71. The van der Waals surface area contributed by atoms with Crippen LogP contribution in [-0.2, 0) is 0 Å². The molecule has 0 heterocycles. The zero-order valence-electron chi connectivity index (χ0n) is 15.1. The largest absolute Gasteiger partial charge is 0.496 e. The van der Waals surface area contributed by atoms with Gasteiger partial charge >= 0.3 is 0 Å². The summed E-state index contributed by atoms with van der Waals surface area (Å²) in [6, 6.07) is 13.7. The number of methoxy groups -OCH3 is 1. The summed E-state index contributed by atoms with van der Waals surface area (Å²) in [5, 5.41) is 3.18. The van der Waals surface area contributed by atoms with Crippen molar-refractivity contribution in [3.63, 3.8) is 0 Å². The Hall–Kier alpha value is -2.01. The van der Waals surface area contributed by atoms with Crippen LogP contribution in [0.2, 0.25) is 0 Å². The third kappa shape index (κ3) is 4.39. The van der Waals surface area contributed by atoms with Crippen molar-refractivity contribution in [2.45, 2.75) is 32.2 Å². The van der Waals surface area contributed by atoms with Gasteiger partial charge in [-0.2, -0.15) is 0 Å². The fourth-order valence-corrected chi connectivity index (χ4v) is 3.93. The summed E-state index contributed by atoms with van der Waals surface area (Å²) in [7, 11) is 1.58. The lowest BCUT2D eigenvalue weighted by Crippen LogP contribution is -2.39. The van der Waals surface area contributed by atoms with E-state index in [1.165, 1.54) is 5.56 Å². The normalized spacial score (nSPS) is 19.2. The number of hydrogen-bond donors (Lipinski definition) is 1. The van der Waals surface area contributed by atoms with E-state index in [4.69, 9.17) is 9.47 Å². The first kappa shape index (κ1) is 18.8. The quantitative estimate of drug-likeness (QED) is 0.737. The molecule has 1 aliphatic carbocycles. The number of hydrogen-bond acceptors (Lipinski definition) is 3. The molecule has 138 valence electrons. The van der Waals surface area contributed by atoms with Crippen molar-refractivity contribution in [2.24, 2.45) is 5.92 Å². The van der Waals surface area contributed by atoms with E-state index in [2.05, 4.69) is 28.2 Å². The first-order valence-electron chi connectivity index (χ1n) is 8.91. The van der Waals surface area contributed by atoms with E-state index in [0.717, 1.165) is 29.5 Å². The third-order valence-corrected chi connectivity index (χ3v) is 5.54. The van der Waals surface area contributed by atoms with E-state index in [1.54, 1.807) is 13.2 Å². The van der Waals surface area contributed by atoms with Crippen LogP contribution >= 0.6 is 15.9 Å². The number of aryl methyl sites for hydroxylation is 1. The van der Waals surface area contributed by atoms with Crippen LogP contribution in [0.5, 0.6) is 11.5 Å². The predicted molar refractivity (Wildman–Crippen MR) is 106 cm³/mol. The van der Waals surface area contributed by atoms with Gasteiger partial charge in [-0.3, -0.25) is 4.79 Å². The lowest BCUT2D eigenvalue weighted by molar-refractivity contribution is 0.0915. The third-order valence-electron chi connectivity index (χ3n) is 4.88. The number of carbonyl (C=O) groups excluding carboxylic acids is 1. The van der Waals surface area contributed by atoms with Gasteiger partial charge in [0.15, 0.2) is 0 Å². The van der Waals surface area contributed by atoms with Gasteiger partial charge in [0.05, 0.1) is 19.3 Å². The van der Waals surface area contributed by atoms with Crippen LogP contribution in [0.1, 0.15) is 35.2 Å². The average Bonchev–Trinajstić information content (AvgIpc) is 3.07. The molecule has 2 aromatic rings. The molecule has 1 saturated carbocycles. The van der Waals surface area contributed by atoms with Gasteiger partial charge < -0.3 is 14.8 Å². The van der Waals surface area contributed by atoms with E-state index in [0.29, 0.717) is 23.8 Å². The summed E-state index contributed by atoms with van der Waals surface area (Å²) in [5.74, 6) is 1.65. The first-order chi connectivity index (χ1) is 12.6. The molecule has 0 saturated heterocycles. The molecule has 2 aromatic carbocycles. The van der Waals surface area contributed by atoms with Crippen molar-refractivity contribution in [3.8, 4) is 11.5 Å². The molecule has 1 aliphatic rings. The van der Waals surface area contributed by atoms with Gasteiger partial charge in [0, 0.05) is 16.4 Å². The number of amides is 1. The molecule has 0 aromatic heterocycles. The fraction of sp³-hybridized carbons (Fsp3) is 0.381. The van der Waals surface area contributed by atoms with Crippen molar-refractivity contribution in [3.05, 3.63) is 58.1 Å². The Balaban J connectivity index is 1.63. The van der Waals surface area contributed by atoms with Gasteiger partial charge in [-0.25, -0.2) is 0 Å². The lowest BCUT2D eigenvalue weighted by Gasteiger charge is -2.22. The van der Waals surface area contributed by atoms with Crippen LogP contribution < -0.4 is 14.8 Å². The highest BCUT2D eigenvalue weighted by molar-refractivity contribution is 9.10. The molecule has 1 fully saturated rings. The highest BCUT2D eigenvalue weighted by Gasteiger charge is 2.30. The van der Waals surface area contributed by atoms with Crippen LogP contribution in [0.4, 0.5) is 0 Å². The standard InChI is InChI=1S/C21H24BrNO3/c1-14-9-11-16(12-10-14)26-13-15-5-3-7-18(15)23-21(24)20-17(22)6-4-8-19(20)25-2/h4,6,8-12,15,18H,3,5,7,13H2,1-2H3,(H,23,24)/t15-,18?/m1/s1. The van der Waals surface area contributed by atoms with Crippen LogP contribution in [-0.4, -0.2) is 25.7 Å². The molecule has 4 nitrogen and oxygen atoms in total. The lowest BCUT2D eigenvalue weighted by atomic mass is 10.0. The van der Waals surface area contributed by atoms with Gasteiger partial charge in [-0.1, -0.05) is 30.2 Å². The fourth-order valence-electron chi connectivity index (χ4n) is 3.40. The number of halogens is 1. The molecule has 2 atom stereocenters. The van der Waals surface area contributed by atoms with E-state index in [9.17, 15) is 4.79 Å². The SMILES string of the molecule is COc1cccc(Br)c1C(=O)NC1CCC[C@@H]1COc1ccc(C)cc1. The summed E-state index contributed by atoms with van der Waals surface area (Å²) in [6.45, 7) is 2.67. The highest BCUT2D eigenvalue weighted by atomic mass is 79.9. The van der Waals surface area contributed by atoms with Crippen molar-refractivity contribution in [1.29, 1.82) is 0 Å². The van der Waals surface area contributed by atoms with E-state index in [1.807, 2.05) is 36.4 Å². The number of nitrogens with one attached hydrogen (secondary N) is 1. The van der Waals surface area contributed by atoms with Crippen molar-refractivity contribution < 1.29 is 14.3 Å². The van der Waals surface area contributed by atoms with Crippen molar-refractivity contribution in [2.75, 3.05) is 13.7 Å². The summed E-state index contributed by atoms with van der Waals surface area (Å²) in [4.78, 5) is 12.8. The summed E-state index contributed by atoms with van der Waals surface area (Å²) < 4.78 is 12.0. The maximum absolute atomic E-state index is 12.8. The van der Waals surface area contributed by atoms with Crippen LogP contribution in [0.15, 0.2) is 46.9 Å². The monoisotopic (exact) mass is 417 g/mol. The summed E-state index contributed by atoms with van der Waals surface area (Å²) in [6.07, 6.45) is 3.13. The zero-order chi connectivity index (χ0) is 18.5. The minimum atomic E-state index is -0.110. The summed E-state index contributed by atoms with van der Waals surface area (Å²) in [5.41, 5.74) is 1.76. The van der Waals surface area contributed by atoms with Crippen LogP contribution in [0.3, 0.4) is 0 Å². The van der Waals surface area contributed by atoms with Gasteiger partial charge in [0.1, 0.15) is 11.5 Å². The Morgan fingerprint density at radius 3 is 2.69 bits per heavy atom. The predicted octanol–water partition coefficient (Wildman–Crippen LogP) is 4.74. The molecule has 1 N–H and O–H groups in total. The molecule has 1 amide bonds. The molecule has 1 unspecified atom stereocenters. The van der Waals surface area contributed by atoms with Gasteiger partial charge in [0.2, 0.25) is 0 Å². The van der Waals surface area contributed by atoms with Crippen LogP contribution in [0.25, 0.3) is 0 Å². The Labute approximate surface area is 163 Å². The minimum Gasteiger partial charge on any atom is -0.496 e. The molecular weight excluding hydrogens is 394 g/mol. The molecule has 0 bridgehead atoms. The number of ether oxygens (including phenoxy) is 2. The second-order valence-corrected chi connectivity index (χ2v) is 7.57. The minimum absolute atomic E-state index is 0.110. The molecule has 26 heavy (non-hydrogen) atoms. The summed E-state index contributed by atoms with van der Waals surface area (Å²) >= 11 is 3.45. The molecule has 5 heteroatoms. The maximum Gasteiger partial charge on any atom is 0.256 e. The van der Waals surface area contributed by atoms with E-state index < -0.39 is 0 Å². The Morgan fingerprint density at radius 1 is 1.19 bits per heavy atom. The van der Waals surface area contributed by atoms with Gasteiger partial charge in [0.25, 0.3) is 5.91 Å². The number of carbonyl (C=O) groups is 1. The highest BCUT2D eigenvalue weighted by Crippen LogP contribution is 2.30. The molecular formula is C21H24BrNO3. The Bertz CT molecular complexity index is 760. The zero-order valence-corrected chi connectivity index (χ0v) is 16.7. The number of benzene rings is 2. The maximum atomic E-state index is 12.8. The van der Waals surface area contributed by atoms with Gasteiger partial charge in [-0.05, 0) is 60.0 Å². The smallest absolute Gasteiger partial charge is 0.256 e. The number of rotatable bonds is 6. The molecule has 3 rings (SSSR count). The molecule has 0 aliphatic heterocycles. The first-order valence-corrected chi connectivity index (χ1v) is 9.70. The molecule has 0 radical (unpaired) electrons. The average molecular weight is 418 g/mol. The van der Waals surface area contributed by atoms with E-state index >= 15 is 0 Å². The van der Waals surface area contributed by atoms with E-state index in [-0.39, 0.29) is 11.9 Å². The van der Waals surface area contributed by atoms with Crippen molar-refractivity contribution >= 4 is 21.8 Å². The van der Waals surface area contributed by atoms with Gasteiger partial charge in [-0.15, -0.1) is 0 Å². The molecule has 0 spiro atoms. The van der Waals surface area contributed by atoms with Crippen molar-refractivity contribution in [1.82, 2.24) is 5.32 Å². The van der Waals surface area contributed by atoms with Crippen LogP contribution in [0, 0.1) is 12.8 Å².